The second-order valence-electron chi connectivity index (χ2n) is 9.93. The second kappa shape index (κ2) is 12.1. The minimum atomic E-state index is -1.49. The predicted octanol–water partition coefficient (Wildman–Crippen LogP) is 6.03. The lowest BCUT2D eigenvalue weighted by molar-refractivity contribution is -0.139. The molecule has 1 aliphatic rings. The molecule has 42 heavy (non-hydrogen) atoms. The number of fused-ring (bicyclic) bond motifs is 1. The van der Waals surface area contributed by atoms with E-state index in [0.29, 0.717) is 58.0 Å². The van der Waals surface area contributed by atoms with Gasteiger partial charge >= 0.3 is 5.97 Å². The summed E-state index contributed by atoms with van der Waals surface area (Å²) in [6, 6.07) is 12.4. The van der Waals surface area contributed by atoms with Crippen LogP contribution in [0.25, 0.3) is 26.9 Å². The Kier molecular flexibility index (Phi) is 8.34. The first kappa shape index (κ1) is 28.9. The molecule has 0 saturated carbocycles. The van der Waals surface area contributed by atoms with E-state index >= 15 is 8.78 Å². The highest BCUT2D eigenvalue weighted by molar-refractivity contribution is 6.34. The van der Waals surface area contributed by atoms with Gasteiger partial charge < -0.3 is 20.1 Å². The predicted molar refractivity (Wildman–Crippen MR) is 155 cm³/mol. The number of carbonyl (C=O) groups is 2. The molecule has 0 unspecified atom stereocenters. The second-order valence-corrected chi connectivity index (χ2v) is 10.3. The Morgan fingerprint density at radius 1 is 1.19 bits per heavy atom. The van der Waals surface area contributed by atoms with E-state index in [1.807, 2.05) is 6.92 Å². The summed E-state index contributed by atoms with van der Waals surface area (Å²) < 4.78 is 35.6. The minimum absolute atomic E-state index is 0.119. The van der Waals surface area contributed by atoms with Crippen molar-refractivity contribution in [2.45, 2.75) is 25.5 Å². The summed E-state index contributed by atoms with van der Waals surface area (Å²) >= 11 is 6.44. The maximum Gasteiger partial charge on any atom is 0.326 e. The monoisotopic (exact) mass is 590 g/mol. The molecule has 0 bridgehead atoms. The van der Waals surface area contributed by atoms with Crippen LogP contribution in [-0.2, 0) is 16.0 Å². The zero-order valence-corrected chi connectivity index (χ0v) is 23.2. The summed E-state index contributed by atoms with van der Waals surface area (Å²) in [5, 5.41) is 13.2. The number of nitrogens with one attached hydrogen (secondary N) is 1. The molecular weight excluding hydrogens is 566 g/mol. The standard InChI is InChI=1S/C31H25ClF2N4O4/c1-17-16-38(10-11-42-17)20-14-25(33)28(26(34)15-20)30(39)37-27(31(40)41)12-18-5-7-23(29-21(18)4-3-9-36-29)22-8-6-19(35-2)13-24(22)32/h3-9,13-15,17,27H,10-12,16H2,1H3,(H,37,39)(H,40,41)/t17-,27+/m1/s1. The van der Waals surface area contributed by atoms with Crippen LogP contribution < -0.4 is 10.2 Å². The zero-order chi connectivity index (χ0) is 30.0. The van der Waals surface area contributed by atoms with E-state index in [9.17, 15) is 14.7 Å². The van der Waals surface area contributed by atoms with Gasteiger partial charge in [0.1, 0.15) is 23.2 Å². The van der Waals surface area contributed by atoms with Crippen molar-refractivity contribution in [3.63, 3.8) is 0 Å². The molecular formula is C31H25ClF2N4O4. The van der Waals surface area contributed by atoms with Crippen LogP contribution in [0.1, 0.15) is 22.8 Å². The molecule has 2 heterocycles. The molecule has 0 aliphatic carbocycles. The molecule has 2 atom stereocenters. The average molecular weight is 591 g/mol. The molecule has 0 radical (unpaired) electrons. The molecule has 214 valence electrons. The van der Waals surface area contributed by atoms with Gasteiger partial charge in [0.25, 0.3) is 5.91 Å². The summed E-state index contributed by atoms with van der Waals surface area (Å²) in [7, 11) is 0. The summed E-state index contributed by atoms with van der Waals surface area (Å²) in [5.41, 5.74) is 2.19. The third-order valence-corrected chi connectivity index (χ3v) is 7.43. The van der Waals surface area contributed by atoms with E-state index < -0.39 is 35.1 Å². The number of halogens is 3. The fourth-order valence-corrected chi connectivity index (χ4v) is 5.36. The van der Waals surface area contributed by atoms with Crippen molar-refractivity contribution in [1.82, 2.24) is 10.3 Å². The first-order valence-electron chi connectivity index (χ1n) is 13.1. The Bertz CT molecular complexity index is 1720. The van der Waals surface area contributed by atoms with Crippen molar-refractivity contribution in [2.24, 2.45) is 0 Å². The van der Waals surface area contributed by atoms with Crippen LogP contribution in [0.3, 0.4) is 0 Å². The summed E-state index contributed by atoms with van der Waals surface area (Å²) in [5.74, 6) is -4.73. The largest absolute Gasteiger partial charge is 0.480 e. The number of benzene rings is 3. The maximum atomic E-state index is 15.0. The molecule has 3 aromatic carbocycles. The minimum Gasteiger partial charge on any atom is -0.480 e. The lowest BCUT2D eigenvalue weighted by atomic mass is 9.95. The summed E-state index contributed by atoms with van der Waals surface area (Å²) in [4.78, 5) is 34.8. The van der Waals surface area contributed by atoms with Crippen LogP contribution >= 0.6 is 11.6 Å². The number of carbonyl (C=O) groups excluding carboxylic acids is 1. The third kappa shape index (κ3) is 5.88. The highest BCUT2D eigenvalue weighted by Gasteiger charge is 2.28. The number of ether oxygens (including phenoxy) is 1. The first-order chi connectivity index (χ1) is 20.2. The smallest absolute Gasteiger partial charge is 0.326 e. The Balaban J connectivity index is 1.42. The number of nitrogens with zero attached hydrogens (tertiary/aromatic N) is 3. The zero-order valence-electron chi connectivity index (χ0n) is 22.4. The van der Waals surface area contributed by atoms with Crippen molar-refractivity contribution >= 4 is 45.8 Å². The quantitative estimate of drug-likeness (QED) is 0.255. The Labute approximate surface area is 245 Å². The highest BCUT2D eigenvalue weighted by atomic mass is 35.5. The molecule has 5 rings (SSSR count). The van der Waals surface area contributed by atoms with Gasteiger partial charge in [-0.3, -0.25) is 9.78 Å². The molecule has 11 heteroatoms. The van der Waals surface area contributed by atoms with Crippen LogP contribution in [0.4, 0.5) is 20.2 Å². The molecule has 2 N–H and O–H groups in total. The van der Waals surface area contributed by atoms with E-state index in [1.165, 1.54) is 0 Å². The van der Waals surface area contributed by atoms with Gasteiger partial charge in [0.05, 0.1) is 24.8 Å². The molecule has 1 amide bonds. The Morgan fingerprint density at radius 2 is 1.93 bits per heavy atom. The number of rotatable bonds is 7. The number of anilines is 1. The van der Waals surface area contributed by atoms with E-state index in [2.05, 4.69) is 15.1 Å². The maximum absolute atomic E-state index is 15.0. The number of pyridine rings is 1. The number of hydrogen-bond donors (Lipinski definition) is 2. The van der Waals surface area contributed by atoms with Gasteiger partial charge in [-0.05, 0) is 42.3 Å². The van der Waals surface area contributed by atoms with Crippen molar-refractivity contribution in [2.75, 3.05) is 24.6 Å². The fraction of sp³-hybridized carbons (Fsp3) is 0.226. The van der Waals surface area contributed by atoms with Gasteiger partial charge in [0.2, 0.25) is 0 Å². The molecule has 1 aromatic heterocycles. The van der Waals surface area contributed by atoms with Crippen LogP contribution in [0.2, 0.25) is 5.02 Å². The third-order valence-electron chi connectivity index (χ3n) is 7.12. The molecule has 8 nitrogen and oxygen atoms in total. The van der Waals surface area contributed by atoms with Gasteiger partial charge in [-0.1, -0.05) is 41.9 Å². The first-order valence-corrected chi connectivity index (χ1v) is 13.5. The van der Waals surface area contributed by atoms with E-state index in [0.717, 1.165) is 12.1 Å². The molecule has 0 spiro atoms. The number of morpholine rings is 1. The lowest BCUT2D eigenvalue weighted by Crippen LogP contribution is -2.43. The van der Waals surface area contributed by atoms with Gasteiger partial charge in [-0.15, -0.1) is 0 Å². The summed E-state index contributed by atoms with van der Waals surface area (Å²) in [6.45, 7) is 10.3. The number of carboxylic acid groups (broad SMARTS) is 1. The molecule has 4 aromatic rings. The van der Waals surface area contributed by atoms with Gasteiger partial charge in [0, 0.05) is 47.4 Å². The van der Waals surface area contributed by atoms with Crippen LogP contribution in [0.15, 0.2) is 60.8 Å². The van der Waals surface area contributed by atoms with Crippen molar-refractivity contribution in [3.8, 4) is 11.1 Å². The molecule has 1 saturated heterocycles. The fourth-order valence-electron chi connectivity index (χ4n) is 5.08. The summed E-state index contributed by atoms with van der Waals surface area (Å²) in [6.07, 6.45) is 1.29. The average Bonchev–Trinajstić information content (AvgIpc) is 2.96. The van der Waals surface area contributed by atoms with Gasteiger partial charge in [0.15, 0.2) is 5.69 Å². The van der Waals surface area contributed by atoms with Gasteiger partial charge in [-0.25, -0.2) is 18.4 Å². The van der Waals surface area contributed by atoms with E-state index in [1.54, 1.807) is 53.6 Å². The lowest BCUT2D eigenvalue weighted by Gasteiger charge is -2.33. The van der Waals surface area contributed by atoms with Gasteiger partial charge in [-0.2, -0.15) is 0 Å². The number of amides is 1. The van der Waals surface area contributed by atoms with Crippen LogP contribution in [-0.4, -0.2) is 53.8 Å². The van der Waals surface area contributed by atoms with Crippen molar-refractivity contribution < 1.29 is 28.2 Å². The molecule has 1 fully saturated rings. The van der Waals surface area contributed by atoms with Crippen molar-refractivity contribution in [3.05, 3.63) is 100.0 Å². The SMILES string of the molecule is [C-]#[N+]c1ccc(-c2ccc(C[C@H](NC(=O)c3c(F)cc(N4CCO[C@H](C)C4)cc3F)C(=O)O)c3cccnc23)c(Cl)c1. The highest BCUT2D eigenvalue weighted by Crippen LogP contribution is 2.36. The van der Waals surface area contributed by atoms with Crippen LogP contribution in [0.5, 0.6) is 0 Å². The Morgan fingerprint density at radius 3 is 2.60 bits per heavy atom. The number of carboxylic acids is 1. The van der Waals surface area contributed by atoms with Crippen molar-refractivity contribution in [1.29, 1.82) is 0 Å². The number of hydrogen-bond acceptors (Lipinski definition) is 5. The Hall–Kier alpha value is -4.59. The van der Waals surface area contributed by atoms with E-state index in [4.69, 9.17) is 22.9 Å². The number of aromatic nitrogens is 1. The van der Waals surface area contributed by atoms with Crippen LogP contribution in [0, 0.1) is 18.2 Å². The normalized spacial score (nSPS) is 15.7. The topological polar surface area (TPSA) is 96.1 Å². The van der Waals surface area contributed by atoms with E-state index in [-0.39, 0.29) is 18.2 Å². The number of aliphatic carboxylic acids is 1. The molecule has 1 aliphatic heterocycles.